The number of hydrogen-bond acceptors (Lipinski definition) is 6. The largest absolute Gasteiger partial charge is 0.456 e. The van der Waals surface area contributed by atoms with Crippen LogP contribution in [0.3, 0.4) is 0 Å². The summed E-state index contributed by atoms with van der Waals surface area (Å²) in [5.41, 5.74) is 0. The summed E-state index contributed by atoms with van der Waals surface area (Å²) >= 11 is 0. The van der Waals surface area contributed by atoms with Crippen molar-refractivity contribution in [2.75, 3.05) is 6.61 Å². The molecule has 0 saturated carbocycles. The SMILES string of the molecule is C[Si](C)(C)OCC(O[Si](C)(C)C)C(O[Si](C)(C)C)C(C=NO[Si](C)(C)C)O[Si](C)(C)C. The van der Waals surface area contributed by atoms with E-state index in [1.54, 1.807) is 6.21 Å². The highest BCUT2D eigenvalue weighted by molar-refractivity contribution is 6.71. The highest BCUT2D eigenvalue weighted by Gasteiger charge is 2.40. The maximum Gasteiger partial charge on any atom is 0.278 e. The molecule has 31 heavy (non-hydrogen) atoms. The Balaban J connectivity index is 6.19. The van der Waals surface area contributed by atoms with Gasteiger partial charge >= 0.3 is 0 Å². The van der Waals surface area contributed by atoms with E-state index in [0.29, 0.717) is 6.61 Å². The van der Waals surface area contributed by atoms with Gasteiger partial charge in [-0.05, 0) is 98.2 Å². The van der Waals surface area contributed by atoms with Gasteiger partial charge in [0.1, 0.15) is 12.2 Å². The van der Waals surface area contributed by atoms with E-state index in [2.05, 4.69) is 103 Å². The first-order chi connectivity index (χ1) is 13.5. The maximum absolute atomic E-state index is 6.74. The van der Waals surface area contributed by atoms with Gasteiger partial charge in [0.25, 0.3) is 8.32 Å². The molecule has 0 aliphatic rings. The van der Waals surface area contributed by atoms with Crippen molar-refractivity contribution in [3.63, 3.8) is 0 Å². The minimum absolute atomic E-state index is 0.218. The molecule has 0 aromatic carbocycles. The number of oxime groups is 1. The molecule has 3 atom stereocenters. The van der Waals surface area contributed by atoms with Crippen molar-refractivity contribution in [2.45, 2.75) is 117 Å². The molecule has 0 aliphatic heterocycles. The molecule has 0 spiro atoms. The molecule has 6 nitrogen and oxygen atoms in total. The third kappa shape index (κ3) is 18.5. The molecule has 186 valence electrons. The smallest absolute Gasteiger partial charge is 0.278 e. The van der Waals surface area contributed by atoms with Crippen LogP contribution in [0, 0.1) is 0 Å². The highest BCUT2D eigenvalue weighted by Crippen LogP contribution is 2.24. The zero-order valence-corrected chi connectivity index (χ0v) is 28.0. The Hall–Kier alpha value is 0.394. The summed E-state index contributed by atoms with van der Waals surface area (Å²) in [6.07, 6.45) is 0.942. The second-order valence-electron chi connectivity index (χ2n) is 13.0. The van der Waals surface area contributed by atoms with Crippen molar-refractivity contribution in [1.82, 2.24) is 0 Å². The molecular formula is C20H51NO5Si5. The second-order valence-corrected chi connectivity index (χ2v) is 35.3. The first kappa shape index (κ1) is 31.4. The van der Waals surface area contributed by atoms with Gasteiger partial charge in [0.2, 0.25) is 0 Å². The molecule has 3 unspecified atom stereocenters. The molecule has 0 aromatic rings. The molecule has 0 rings (SSSR count). The van der Waals surface area contributed by atoms with Gasteiger partial charge in [0.15, 0.2) is 33.3 Å². The molecule has 0 saturated heterocycles. The van der Waals surface area contributed by atoms with Crippen LogP contribution in [0.15, 0.2) is 5.16 Å². The fourth-order valence-corrected chi connectivity index (χ4v) is 6.85. The molecule has 0 N–H and O–H groups in total. The van der Waals surface area contributed by atoms with Crippen LogP contribution < -0.4 is 0 Å². The Morgan fingerprint density at radius 3 is 1.39 bits per heavy atom. The van der Waals surface area contributed by atoms with Crippen molar-refractivity contribution in [1.29, 1.82) is 0 Å². The van der Waals surface area contributed by atoms with E-state index in [4.69, 9.17) is 22.2 Å². The van der Waals surface area contributed by atoms with E-state index < -0.39 is 41.6 Å². The quantitative estimate of drug-likeness (QED) is 0.150. The molecular weight excluding hydrogens is 475 g/mol. The Morgan fingerprint density at radius 2 is 1.03 bits per heavy atom. The van der Waals surface area contributed by atoms with E-state index in [-0.39, 0.29) is 18.3 Å². The van der Waals surface area contributed by atoms with E-state index in [1.807, 2.05) is 0 Å². The van der Waals surface area contributed by atoms with Crippen molar-refractivity contribution in [3.05, 3.63) is 0 Å². The van der Waals surface area contributed by atoms with Crippen LogP contribution in [0.25, 0.3) is 0 Å². The molecule has 0 bridgehead atoms. The van der Waals surface area contributed by atoms with Gasteiger partial charge in [0.05, 0.1) is 18.9 Å². The van der Waals surface area contributed by atoms with Crippen LogP contribution in [0.2, 0.25) is 98.2 Å². The zero-order chi connectivity index (χ0) is 24.9. The summed E-state index contributed by atoms with van der Waals surface area (Å²) in [5.74, 6) is 0. The molecule has 0 fully saturated rings. The van der Waals surface area contributed by atoms with Crippen molar-refractivity contribution in [3.8, 4) is 0 Å². The van der Waals surface area contributed by atoms with Gasteiger partial charge in [-0.25, -0.2) is 0 Å². The second kappa shape index (κ2) is 11.7. The lowest BCUT2D eigenvalue weighted by atomic mass is 10.1. The normalized spacial score (nSPS) is 17.6. The molecule has 11 heteroatoms. The highest BCUT2D eigenvalue weighted by atomic mass is 28.4. The van der Waals surface area contributed by atoms with Crippen molar-refractivity contribution in [2.24, 2.45) is 5.16 Å². The van der Waals surface area contributed by atoms with E-state index in [1.165, 1.54) is 0 Å². The molecule has 0 heterocycles. The summed E-state index contributed by atoms with van der Waals surface area (Å²) in [7, 11) is -9.18. The summed E-state index contributed by atoms with van der Waals surface area (Å²) in [6.45, 7) is 33.2. The van der Waals surface area contributed by atoms with E-state index in [9.17, 15) is 0 Å². The van der Waals surface area contributed by atoms with Crippen LogP contribution in [-0.4, -0.2) is 72.7 Å². The first-order valence-electron chi connectivity index (χ1n) is 11.4. The van der Waals surface area contributed by atoms with Crippen molar-refractivity contribution < 1.29 is 22.2 Å². The lowest BCUT2D eigenvalue weighted by Gasteiger charge is -2.41. The van der Waals surface area contributed by atoms with Crippen LogP contribution in [0.5, 0.6) is 0 Å². The Kier molecular flexibility index (Phi) is 11.8. The molecule has 0 radical (unpaired) electrons. The van der Waals surface area contributed by atoms with E-state index in [0.717, 1.165) is 0 Å². The van der Waals surface area contributed by atoms with Crippen LogP contribution in [0.1, 0.15) is 0 Å². The predicted octanol–water partition coefficient (Wildman–Crippen LogP) is 6.34. The molecule has 0 amide bonds. The Labute approximate surface area is 198 Å². The topological polar surface area (TPSA) is 58.5 Å². The van der Waals surface area contributed by atoms with Gasteiger partial charge in [0, 0.05) is 0 Å². The van der Waals surface area contributed by atoms with Gasteiger partial charge in [-0.1, -0.05) is 0 Å². The fourth-order valence-electron chi connectivity index (χ4n) is 2.58. The Morgan fingerprint density at radius 1 is 0.581 bits per heavy atom. The monoisotopic (exact) mass is 525 g/mol. The van der Waals surface area contributed by atoms with Crippen LogP contribution >= 0.6 is 0 Å². The van der Waals surface area contributed by atoms with Gasteiger partial charge in [-0.15, -0.1) is 5.16 Å². The zero-order valence-electron chi connectivity index (χ0n) is 23.0. The van der Waals surface area contributed by atoms with Gasteiger partial charge in [-0.2, -0.15) is 0 Å². The number of hydrogen-bond donors (Lipinski definition) is 0. The summed E-state index contributed by atoms with van der Waals surface area (Å²) in [6, 6.07) is 0. The molecule has 0 aromatic heterocycles. The lowest BCUT2D eigenvalue weighted by molar-refractivity contribution is -0.0279. The van der Waals surface area contributed by atoms with Crippen LogP contribution in [-0.2, 0) is 22.2 Å². The Bertz CT molecular complexity index is 557. The average molecular weight is 526 g/mol. The van der Waals surface area contributed by atoms with E-state index >= 15 is 0 Å². The average Bonchev–Trinajstić information content (AvgIpc) is 2.42. The standard InChI is InChI=1S/C20H51NO5Si5/c1-27(2,3)22-17-19(24-29(7,8)9)20(25-30(10,11)12)18(23-28(4,5)6)16-21-26-31(13,14)15/h16,18-20H,17H2,1-15H3. The number of nitrogens with zero attached hydrogens (tertiary/aromatic N) is 1. The predicted molar refractivity (Wildman–Crippen MR) is 147 cm³/mol. The number of rotatable bonds is 14. The summed E-state index contributed by atoms with van der Waals surface area (Å²) < 4.78 is 32.1. The van der Waals surface area contributed by atoms with Crippen molar-refractivity contribution >= 4 is 47.8 Å². The first-order valence-corrected chi connectivity index (χ1v) is 28.4. The van der Waals surface area contributed by atoms with Gasteiger partial charge < -0.3 is 22.2 Å². The maximum atomic E-state index is 6.74. The summed E-state index contributed by atoms with van der Waals surface area (Å²) in [5, 5.41) is 4.36. The minimum atomic E-state index is -1.91. The lowest BCUT2D eigenvalue weighted by Crippen LogP contribution is -2.55. The third-order valence-electron chi connectivity index (χ3n) is 3.39. The van der Waals surface area contributed by atoms with Crippen LogP contribution in [0.4, 0.5) is 0 Å². The fraction of sp³-hybridized carbons (Fsp3) is 0.950. The minimum Gasteiger partial charge on any atom is -0.456 e. The third-order valence-corrected chi connectivity index (χ3v) is 8.04. The molecule has 0 aliphatic carbocycles. The van der Waals surface area contributed by atoms with Gasteiger partial charge in [-0.3, -0.25) is 0 Å². The summed E-state index contributed by atoms with van der Waals surface area (Å²) in [4.78, 5) is 0.